The van der Waals surface area contributed by atoms with E-state index < -0.39 is 0 Å². The summed E-state index contributed by atoms with van der Waals surface area (Å²) in [7, 11) is 1.68. The van der Waals surface area contributed by atoms with E-state index in [-0.39, 0.29) is 11.7 Å². The Kier molecular flexibility index (Phi) is 5.31. The van der Waals surface area contributed by atoms with Crippen LogP contribution < -0.4 is 0 Å². The van der Waals surface area contributed by atoms with Crippen molar-refractivity contribution in [3.05, 3.63) is 68.3 Å². The van der Waals surface area contributed by atoms with E-state index in [2.05, 4.69) is 27.6 Å². The van der Waals surface area contributed by atoms with Crippen LogP contribution in [0.25, 0.3) is 0 Å². The maximum absolute atomic E-state index is 12.6. The highest BCUT2D eigenvalue weighted by molar-refractivity contribution is 14.1. The summed E-state index contributed by atoms with van der Waals surface area (Å²) in [6, 6.07) is 14.8. The maximum Gasteiger partial charge on any atom is 0.175 e. The van der Waals surface area contributed by atoms with Gasteiger partial charge in [-0.1, -0.05) is 23.7 Å². The van der Waals surface area contributed by atoms with E-state index in [1.165, 1.54) is 0 Å². The van der Waals surface area contributed by atoms with E-state index >= 15 is 0 Å². The molecule has 102 valence electrons. The standard InChI is InChI=1S/C16H13ClINO/c1-19-10-15(12-3-2-4-14(18)9-12)16(20)11-5-7-13(17)8-6-11/h2-10,15H,1H3. The second-order valence-electron chi connectivity index (χ2n) is 4.31. The normalized spacial score (nSPS) is 12.6. The largest absolute Gasteiger partial charge is 0.300 e. The first kappa shape index (κ1) is 15.2. The van der Waals surface area contributed by atoms with Gasteiger partial charge in [-0.3, -0.25) is 9.79 Å². The molecule has 0 aliphatic heterocycles. The number of Topliss-reactive ketones (excluding diaryl/α,β-unsaturated/α-hetero) is 1. The van der Waals surface area contributed by atoms with Gasteiger partial charge in [0.15, 0.2) is 5.78 Å². The first-order valence-corrected chi connectivity index (χ1v) is 7.55. The number of aliphatic imine (C=N–C) groups is 1. The molecule has 0 aliphatic carbocycles. The zero-order chi connectivity index (χ0) is 14.5. The highest BCUT2D eigenvalue weighted by Crippen LogP contribution is 2.22. The fourth-order valence-corrected chi connectivity index (χ4v) is 2.64. The SMILES string of the molecule is CN=CC(C(=O)c1ccc(Cl)cc1)c1cccc(I)c1. The van der Waals surface area contributed by atoms with Crippen LogP contribution in [0.2, 0.25) is 5.02 Å². The number of ketones is 1. The molecule has 0 aliphatic rings. The molecule has 0 bridgehead atoms. The Bertz CT molecular complexity index is 637. The first-order chi connectivity index (χ1) is 9.61. The highest BCUT2D eigenvalue weighted by atomic mass is 127. The van der Waals surface area contributed by atoms with Crippen molar-refractivity contribution in [1.29, 1.82) is 0 Å². The molecule has 0 spiro atoms. The molecule has 0 aromatic heterocycles. The number of hydrogen-bond acceptors (Lipinski definition) is 2. The Hall–Kier alpha value is -1.20. The molecule has 0 saturated carbocycles. The van der Waals surface area contributed by atoms with Gasteiger partial charge in [0.25, 0.3) is 0 Å². The van der Waals surface area contributed by atoms with Gasteiger partial charge in [0.05, 0.1) is 5.92 Å². The lowest BCUT2D eigenvalue weighted by atomic mass is 9.91. The Morgan fingerprint density at radius 1 is 1.25 bits per heavy atom. The van der Waals surface area contributed by atoms with Crippen LogP contribution in [0.3, 0.4) is 0 Å². The predicted octanol–water partition coefficient (Wildman–Crippen LogP) is 4.61. The molecule has 1 atom stereocenters. The predicted molar refractivity (Wildman–Crippen MR) is 92.1 cm³/mol. The van der Waals surface area contributed by atoms with E-state index in [9.17, 15) is 4.79 Å². The summed E-state index contributed by atoms with van der Waals surface area (Å²) in [5.41, 5.74) is 1.58. The molecule has 4 heteroatoms. The lowest BCUT2D eigenvalue weighted by Gasteiger charge is -2.12. The third-order valence-corrected chi connectivity index (χ3v) is 3.84. The minimum atomic E-state index is -0.365. The molecule has 1 unspecified atom stereocenters. The summed E-state index contributed by atoms with van der Waals surface area (Å²) < 4.78 is 1.10. The van der Waals surface area contributed by atoms with E-state index in [0.717, 1.165) is 9.13 Å². The number of carbonyl (C=O) groups excluding carboxylic acids is 1. The molecule has 20 heavy (non-hydrogen) atoms. The second-order valence-corrected chi connectivity index (χ2v) is 5.99. The summed E-state index contributed by atoms with van der Waals surface area (Å²) in [4.78, 5) is 16.7. The number of carbonyl (C=O) groups is 1. The van der Waals surface area contributed by atoms with Gasteiger partial charge in [0.1, 0.15) is 0 Å². The summed E-state index contributed by atoms with van der Waals surface area (Å²) in [5.74, 6) is -0.342. The molecule has 0 heterocycles. The van der Waals surface area contributed by atoms with E-state index in [1.807, 2.05) is 24.3 Å². The maximum atomic E-state index is 12.6. The molecule has 2 nitrogen and oxygen atoms in total. The lowest BCUT2D eigenvalue weighted by Crippen LogP contribution is -2.14. The van der Waals surface area contributed by atoms with E-state index in [4.69, 9.17) is 11.6 Å². The van der Waals surface area contributed by atoms with Crippen LogP contribution in [0.1, 0.15) is 21.8 Å². The third kappa shape index (κ3) is 3.67. The van der Waals surface area contributed by atoms with Gasteiger partial charge in [0, 0.05) is 27.4 Å². The van der Waals surface area contributed by atoms with Crippen molar-refractivity contribution in [2.75, 3.05) is 7.05 Å². The lowest BCUT2D eigenvalue weighted by molar-refractivity contribution is 0.0984. The minimum absolute atomic E-state index is 0.0225. The smallest absolute Gasteiger partial charge is 0.175 e. The van der Waals surface area contributed by atoms with Gasteiger partial charge < -0.3 is 0 Å². The van der Waals surface area contributed by atoms with Gasteiger partial charge in [-0.05, 0) is 64.6 Å². The second kappa shape index (κ2) is 6.99. The Labute approximate surface area is 137 Å². The van der Waals surface area contributed by atoms with Gasteiger partial charge in [0.2, 0.25) is 0 Å². The van der Waals surface area contributed by atoms with Crippen molar-refractivity contribution in [2.24, 2.45) is 4.99 Å². The summed E-state index contributed by atoms with van der Waals surface area (Å²) in [6.45, 7) is 0. The quantitative estimate of drug-likeness (QED) is 0.421. The number of halogens is 2. The molecule has 0 saturated heterocycles. The highest BCUT2D eigenvalue weighted by Gasteiger charge is 2.20. The molecule has 0 amide bonds. The number of benzene rings is 2. The molecule has 0 radical (unpaired) electrons. The minimum Gasteiger partial charge on any atom is -0.300 e. The van der Waals surface area contributed by atoms with Gasteiger partial charge >= 0.3 is 0 Å². The number of hydrogen-bond donors (Lipinski definition) is 0. The average molecular weight is 398 g/mol. The number of rotatable bonds is 4. The van der Waals surface area contributed by atoms with E-state index in [1.54, 1.807) is 37.5 Å². The van der Waals surface area contributed by atoms with Crippen LogP contribution in [0.15, 0.2) is 53.5 Å². The zero-order valence-electron chi connectivity index (χ0n) is 10.9. The Balaban J connectivity index is 2.38. The topological polar surface area (TPSA) is 29.4 Å². The molecular weight excluding hydrogens is 385 g/mol. The van der Waals surface area contributed by atoms with Crippen LogP contribution >= 0.6 is 34.2 Å². The fourth-order valence-electron chi connectivity index (χ4n) is 1.95. The van der Waals surface area contributed by atoms with Crippen LogP contribution in [-0.4, -0.2) is 19.0 Å². The summed E-state index contributed by atoms with van der Waals surface area (Å²) in [6.07, 6.45) is 1.68. The van der Waals surface area contributed by atoms with Crippen molar-refractivity contribution in [3.63, 3.8) is 0 Å². The first-order valence-electron chi connectivity index (χ1n) is 6.09. The van der Waals surface area contributed by atoms with Crippen molar-refractivity contribution < 1.29 is 4.79 Å². The zero-order valence-corrected chi connectivity index (χ0v) is 13.8. The average Bonchev–Trinajstić information content (AvgIpc) is 2.45. The third-order valence-electron chi connectivity index (χ3n) is 2.92. The number of nitrogens with zero attached hydrogens (tertiary/aromatic N) is 1. The Morgan fingerprint density at radius 2 is 1.95 bits per heavy atom. The fraction of sp³-hybridized carbons (Fsp3) is 0.125. The molecule has 2 aromatic carbocycles. The van der Waals surface area contributed by atoms with Gasteiger partial charge in [-0.25, -0.2) is 0 Å². The van der Waals surface area contributed by atoms with Crippen LogP contribution in [0, 0.1) is 3.57 Å². The van der Waals surface area contributed by atoms with Gasteiger partial charge in [-0.15, -0.1) is 0 Å². The van der Waals surface area contributed by atoms with Crippen molar-refractivity contribution in [1.82, 2.24) is 0 Å². The molecule has 0 N–H and O–H groups in total. The molecule has 0 fully saturated rings. The summed E-state index contributed by atoms with van der Waals surface area (Å²) in [5, 5.41) is 0.622. The molecule has 2 rings (SSSR count). The Morgan fingerprint density at radius 3 is 2.55 bits per heavy atom. The van der Waals surface area contributed by atoms with Crippen molar-refractivity contribution >= 4 is 46.2 Å². The van der Waals surface area contributed by atoms with Crippen molar-refractivity contribution in [2.45, 2.75) is 5.92 Å². The van der Waals surface area contributed by atoms with Crippen LogP contribution in [0.4, 0.5) is 0 Å². The van der Waals surface area contributed by atoms with Crippen LogP contribution in [0.5, 0.6) is 0 Å². The summed E-state index contributed by atoms with van der Waals surface area (Å²) >= 11 is 8.09. The molecular formula is C16H13ClINO. The van der Waals surface area contributed by atoms with E-state index in [0.29, 0.717) is 10.6 Å². The van der Waals surface area contributed by atoms with Crippen LogP contribution in [-0.2, 0) is 0 Å². The monoisotopic (exact) mass is 397 g/mol. The van der Waals surface area contributed by atoms with Gasteiger partial charge in [-0.2, -0.15) is 0 Å². The van der Waals surface area contributed by atoms with Crippen molar-refractivity contribution in [3.8, 4) is 0 Å². The molecule has 2 aromatic rings.